The fourth-order valence-electron chi connectivity index (χ4n) is 2.95. The van der Waals surface area contributed by atoms with Gasteiger partial charge in [0, 0.05) is 40.0 Å². The molecule has 0 spiro atoms. The largest absolute Gasteiger partial charge is 0.463 e. The van der Waals surface area contributed by atoms with E-state index in [0.717, 1.165) is 44.5 Å². The van der Waals surface area contributed by atoms with Crippen molar-refractivity contribution in [3.8, 4) is 0 Å². The van der Waals surface area contributed by atoms with Crippen LogP contribution in [-0.2, 0) is 42.9 Å². The molecule has 30 heavy (non-hydrogen) atoms. The molecule has 1 aromatic rings. The third kappa shape index (κ3) is 4.92. The van der Waals surface area contributed by atoms with Gasteiger partial charge in [0.2, 0.25) is 12.3 Å². The smallest absolute Gasteiger partial charge is 0.342 e. The number of ether oxygens (including phenoxy) is 5. The second-order valence-corrected chi connectivity index (χ2v) is 6.29. The van der Waals surface area contributed by atoms with Crippen LogP contribution in [0.3, 0.4) is 0 Å². The summed E-state index contributed by atoms with van der Waals surface area (Å²) in [6, 6.07) is 0.970. The van der Waals surface area contributed by atoms with Gasteiger partial charge in [-0.05, 0) is 0 Å². The lowest BCUT2D eigenvalue weighted by Crippen LogP contribution is -2.56. The van der Waals surface area contributed by atoms with Gasteiger partial charge in [0.05, 0.1) is 0 Å². The van der Waals surface area contributed by atoms with E-state index < -0.39 is 66.0 Å². The first-order chi connectivity index (χ1) is 14.0. The molecule has 0 aromatic carbocycles. The summed E-state index contributed by atoms with van der Waals surface area (Å²) in [5, 5.41) is 0. The van der Waals surface area contributed by atoms with Gasteiger partial charge < -0.3 is 23.7 Å². The highest BCUT2D eigenvalue weighted by atomic mass is 16.8. The number of aromatic amines is 1. The second-order valence-electron chi connectivity index (χ2n) is 6.29. The average Bonchev–Trinajstić information content (AvgIpc) is 2.85. The Morgan fingerprint density at radius 2 is 1.63 bits per heavy atom. The highest BCUT2D eigenvalue weighted by molar-refractivity contribution is 5.70. The van der Waals surface area contributed by atoms with Crippen molar-refractivity contribution in [3.05, 3.63) is 33.1 Å². The van der Waals surface area contributed by atoms with Crippen molar-refractivity contribution < 1.29 is 42.9 Å². The second kappa shape index (κ2) is 8.90. The lowest BCUT2D eigenvalue weighted by molar-refractivity contribution is -0.278. The van der Waals surface area contributed by atoms with Gasteiger partial charge in [0.1, 0.15) is 12.7 Å². The van der Waals surface area contributed by atoms with Gasteiger partial charge in [-0.25, -0.2) is 4.79 Å². The minimum atomic E-state index is -2.46. The van der Waals surface area contributed by atoms with Crippen molar-refractivity contribution in [1.82, 2.24) is 9.55 Å². The SMILES string of the molecule is CC(=O)OC[C@H]1O[C@@H](n2ccc(=O)[nH]c2=O)C(OC(C)=O)(OC(C)=O)[C@@H]1OC(C)=O. The first-order valence-corrected chi connectivity index (χ1v) is 8.63. The van der Waals surface area contributed by atoms with E-state index in [1.165, 1.54) is 0 Å². The molecule has 1 saturated heterocycles. The molecule has 1 N–H and O–H groups in total. The molecule has 2 heterocycles. The lowest BCUT2D eigenvalue weighted by Gasteiger charge is -2.35. The zero-order chi connectivity index (χ0) is 22.6. The van der Waals surface area contributed by atoms with Gasteiger partial charge in [-0.2, -0.15) is 0 Å². The summed E-state index contributed by atoms with van der Waals surface area (Å²) in [4.78, 5) is 72.4. The Morgan fingerprint density at radius 3 is 2.10 bits per heavy atom. The number of carbonyl (C=O) groups is 4. The number of esters is 4. The van der Waals surface area contributed by atoms with Crippen LogP contribution in [0, 0.1) is 0 Å². The third-order valence-electron chi connectivity index (χ3n) is 3.84. The Labute approximate surface area is 168 Å². The number of hydrogen-bond acceptors (Lipinski definition) is 11. The zero-order valence-electron chi connectivity index (χ0n) is 16.5. The van der Waals surface area contributed by atoms with Crippen molar-refractivity contribution in [3.63, 3.8) is 0 Å². The Balaban J connectivity index is 2.70. The molecule has 0 saturated carbocycles. The van der Waals surface area contributed by atoms with Gasteiger partial charge in [0.25, 0.3) is 5.56 Å². The molecule has 3 atom stereocenters. The first-order valence-electron chi connectivity index (χ1n) is 8.63. The standard InChI is InChI=1S/C17H20N2O11/c1-8(20)26-7-12-14(27-9(2)21)17(29-10(3)22,30-11(4)23)15(28-12)19-6-5-13(24)18-16(19)25/h5-6,12,14-15H,7H2,1-4H3,(H,18,24,25)/t12-,14-,15-/m1/s1. The van der Waals surface area contributed by atoms with Crippen molar-refractivity contribution in [2.24, 2.45) is 0 Å². The van der Waals surface area contributed by atoms with E-state index in [1.54, 1.807) is 0 Å². The minimum absolute atomic E-state index is 0.494. The highest BCUT2D eigenvalue weighted by Crippen LogP contribution is 2.44. The number of hydrogen-bond donors (Lipinski definition) is 1. The molecule has 0 bridgehead atoms. The molecule has 1 fully saturated rings. The first kappa shape index (κ1) is 22.8. The Morgan fingerprint density at radius 1 is 1.03 bits per heavy atom. The van der Waals surface area contributed by atoms with Crippen LogP contribution in [0.25, 0.3) is 0 Å². The minimum Gasteiger partial charge on any atom is -0.463 e. The molecule has 0 amide bonds. The van der Waals surface area contributed by atoms with Crippen LogP contribution in [0.2, 0.25) is 0 Å². The summed E-state index contributed by atoms with van der Waals surface area (Å²) >= 11 is 0. The maximum atomic E-state index is 12.3. The summed E-state index contributed by atoms with van der Waals surface area (Å²) in [6.45, 7) is 3.64. The van der Waals surface area contributed by atoms with Crippen LogP contribution in [0.5, 0.6) is 0 Å². The van der Waals surface area contributed by atoms with Crippen LogP contribution in [-0.4, -0.2) is 58.0 Å². The lowest BCUT2D eigenvalue weighted by atomic mass is 10.1. The molecule has 1 aliphatic rings. The molecule has 0 aliphatic carbocycles. The van der Waals surface area contributed by atoms with E-state index >= 15 is 0 Å². The molecular formula is C17H20N2O11. The fraction of sp³-hybridized carbons (Fsp3) is 0.529. The summed E-state index contributed by atoms with van der Waals surface area (Å²) in [7, 11) is 0. The highest BCUT2D eigenvalue weighted by Gasteiger charge is 2.66. The number of H-pyrrole nitrogens is 1. The number of nitrogens with one attached hydrogen (secondary N) is 1. The van der Waals surface area contributed by atoms with Crippen molar-refractivity contribution in [2.45, 2.75) is 51.9 Å². The topological polar surface area (TPSA) is 169 Å². The van der Waals surface area contributed by atoms with Gasteiger partial charge in [0.15, 0.2) is 0 Å². The maximum Gasteiger partial charge on any atom is 0.342 e. The molecule has 0 radical (unpaired) electrons. The number of carbonyl (C=O) groups excluding carboxylic acids is 4. The summed E-state index contributed by atoms with van der Waals surface area (Å²) in [5.74, 6) is -5.96. The molecule has 13 heteroatoms. The van der Waals surface area contributed by atoms with Crippen LogP contribution in [0.4, 0.5) is 0 Å². The van der Waals surface area contributed by atoms with Crippen molar-refractivity contribution >= 4 is 23.9 Å². The molecule has 164 valence electrons. The van der Waals surface area contributed by atoms with Crippen LogP contribution < -0.4 is 11.2 Å². The van der Waals surface area contributed by atoms with E-state index in [4.69, 9.17) is 23.7 Å². The van der Waals surface area contributed by atoms with Gasteiger partial charge in [-0.1, -0.05) is 0 Å². The number of nitrogens with zero attached hydrogens (tertiary/aromatic N) is 1. The number of rotatable bonds is 6. The van der Waals surface area contributed by atoms with Gasteiger partial charge in [-0.15, -0.1) is 0 Å². The Hall–Kier alpha value is -3.48. The van der Waals surface area contributed by atoms with E-state index in [2.05, 4.69) is 0 Å². The monoisotopic (exact) mass is 428 g/mol. The third-order valence-corrected chi connectivity index (χ3v) is 3.84. The summed E-state index contributed by atoms with van der Waals surface area (Å²) < 4.78 is 27.0. The maximum absolute atomic E-state index is 12.3. The average molecular weight is 428 g/mol. The molecular weight excluding hydrogens is 408 g/mol. The summed E-state index contributed by atoms with van der Waals surface area (Å²) in [5.41, 5.74) is -1.72. The Bertz CT molecular complexity index is 947. The predicted molar refractivity (Wildman–Crippen MR) is 93.7 cm³/mol. The predicted octanol–water partition coefficient (Wildman–Crippen LogP) is -1.25. The molecule has 1 aliphatic heterocycles. The fourth-order valence-corrected chi connectivity index (χ4v) is 2.95. The van der Waals surface area contributed by atoms with Gasteiger partial charge in [-0.3, -0.25) is 33.5 Å². The van der Waals surface area contributed by atoms with E-state index in [1.807, 2.05) is 4.98 Å². The Kier molecular flexibility index (Phi) is 6.77. The zero-order valence-corrected chi connectivity index (χ0v) is 16.5. The molecule has 0 unspecified atom stereocenters. The van der Waals surface area contributed by atoms with Crippen LogP contribution >= 0.6 is 0 Å². The van der Waals surface area contributed by atoms with Crippen molar-refractivity contribution in [2.75, 3.05) is 6.61 Å². The molecule has 13 nitrogen and oxygen atoms in total. The normalized spacial score (nSPS) is 22.1. The van der Waals surface area contributed by atoms with Crippen molar-refractivity contribution in [1.29, 1.82) is 0 Å². The van der Waals surface area contributed by atoms with E-state index in [-0.39, 0.29) is 0 Å². The van der Waals surface area contributed by atoms with Crippen LogP contribution in [0.15, 0.2) is 21.9 Å². The van der Waals surface area contributed by atoms with Gasteiger partial charge >= 0.3 is 35.4 Å². The number of aromatic nitrogens is 2. The molecule has 2 rings (SSSR count). The van der Waals surface area contributed by atoms with Crippen LogP contribution in [0.1, 0.15) is 33.9 Å². The quantitative estimate of drug-likeness (QED) is 0.326. The van der Waals surface area contributed by atoms with E-state index in [0.29, 0.717) is 0 Å². The van der Waals surface area contributed by atoms with E-state index in [9.17, 15) is 28.8 Å². The molecule has 1 aromatic heterocycles. The summed E-state index contributed by atoms with van der Waals surface area (Å²) in [6.07, 6.45) is -3.61.